The standard InChI is InChI=1S/C14H17NO3/c1-3-11-9-10(6-8-14(17)18)5-7-12(11)15-13(16)4-2/h5-9H,3-4H2,1-2H3,(H,15,16)(H,17,18)/b8-6+. The Morgan fingerprint density at radius 2 is 2.06 bits per heavy atom. The molecule has 0 bridgehead atoms. The van der Waals surface area contributed by atoms with Gasteiger partial charge in [-0.2, -0.15) is 0 Å². The first kappa shape index (κ1) is 14.0. The molecule has 0 spiro atoms. The molecular weight excluding hydrogens is 230 g/mol. The molecule has 0 radical (unpaired) electrons. The predicted octanol–water partition coefficient (Wildman–Crippen LogP) is 2.70. The van der Waals surface area contributed by atoms with E-state index in [-0.39, 0.29) is 5.91 Å². The molecule has 18 heavy (non-hydrogen) atoms. The molecule has 1 aromatic carbocycles. The maximum Gasteiger partial charge on any atom is 0.328 e. The van der Waals surface area contributed by atoms with Gasteiger partial charge in [0.1, 0.15) is 0 Å². The Morgan fingerprint density at radius 3 is 2.61 bits per heavy atom. The number of hydrogen-bond acceptors (Lipinski definition) is 2. The van der Waals surface area contributed by atoms with Crippen molar-refractivity contribution in [3.05, 3.63) is 35.4 Å². The number of aliphatic carboxylic acids is 1. The molecule has 0 unspecified atom stereocenters. The second-order valence-electron chi connectivity index (χ2n) is 3.84. The van der Waals surface area contributed by atoms with Crippen molar-refractivity contribution in [1.82, 2.24) is 0 Å². The number of nitrogens with one attached hydrogen (secondary N) is 1. The highest BCUT2D eigenvalue weighted by Crippen LogP contribution is 2.19. The van der Waals surface area contributed by atoms with E-state index in [2.05, 4.69) is 5.32 Å². The third kappa shape index (κ3) is 4.05. The minimum absolute atomic E-state index is 0.0291. The van der Waals surface area contributed by atoms with Gasteiger partial charge in [0.2, 0.25) is 5.91 Å². The molecule has 0 atom stereocenters. The average Bonchev–Trinajstić information content (AvgIpc) is 2.37. The lowest BCUT2D eigenvalue weighted by Crippen LogP contribution is -2.11. The lowest BCUT2D eigenvalue weighted by Gasteiger charge is -2.10. The highest BCUT2D eigenvalue weighted by molar-refractivity contribution is 5.91. The molecule has 0 aromatic heterocycles. The number of carboxylic acid groups (broad SMARTS) is 1. The van der Waals surface area contributed by atoms with Crippen molar-refractivity contribution in [2.24, 2.45) is 0 Å². The molecule has 96 valence electrons. The van der Waals surface area contributed by atoms with Gasteiger partial charge in [-0.25, -0.2) is 4.79 Å². The highest BCUT2D eigenvalue weighted by atomic mass is 16.4. The van der Waals surface area contributed by atoms with Crippen LogP contribution < -0.4 is 5.32 Å². The maximum atomic E-state index is 11.3. The molecule has 1 rings (SSSR count). The number of aryl methyl sites for hydroxylation is 1. The summed E-state index contributed by atoms with van der Waals surface area (Å²) in [6.07, 6.45) is 3.84. The molecule has 0 heterocycles. The van der Waals surface area contributed by atoms with Crippen LogP contribution >= 0.6 is 0 Å². The molecule has 0 saturated carbocycles. The van der Waals surface area contributed by atoms with Crippen LogP contribution in [0.1, 0.15) is 31.4 Å². The number of benzene rings is 1. The maximum absolute atomic E-state index is 11.3. The fourth-order valence-electron chi connectivity index (χ4n) is 1.54. The van der Waals surface area contributed by atoms with Crippen molar-refractivity contribution in [2.75, 3.05) is 5.32 Å². The van der Waals surface area contributed by atoms with Crippen molar-refractivity contribution >= 4 is 23.6 Å². The molecule has 0 saturated heterocycles. The third-order valence-electron chi connectivity index (χ3n) is 2.52. The van der Waals surface area contributed by atoms with Gasteiger partial charge in [-0.05, 0) is 35.8 Å². The van der Waals surface area contributed by atoms with E-state index in [1.54, 1.807) is 19.1 Å². The second kappa shape index (κ2) is 6.59. The number of carbonyl (C=O) groups is 2. The Balaban J connectivity index is 2.96. The molecule has 0 aliphatic heterocycles. The Bertz CT molecular complexity index is 478. The second-order valence-corrected chi connectivity index (χ2v) is 3.84. The first-order valence-corrected chi connectivity index (χ1v) is 5.90. The quantitative estimate of drug-likeness (QED) is 0.786. The Hall–Kier alpha value is -2.10. The summed E-state index contributed by atoms with van der Waals surface area (Å²) in [5.41, 5.74) is 2.59. The van der Waals surface area contributed by atoms with E-state index >= 15 is 0 Å². The van der Waals surface area contributed by atoms with Gasteiger partial charge >= 0.3 is 5.97 Å². The highest BCUT2D eigenvalue weighted by Gasteiger charge is 2.04. The number of hydrogen-bond donors (Lipinski definition) is 2. The van der Waals surface area contributed by atoms with E-state index in [1.165, 1.54) is 6.08 Å². The molecule has 0 aliphatic carbocycles. The lowest BCUT2D eigenvalue weighted by atomic mass is 10.1. The smallest absolute Gasteiger partial charge is 0.328 e. The van der Waals surface area contributed by atoms with Crippen LogP contribution in [0, 0.1) is 0 Å². The molecule has 4 heteroatoms. The van der Waals surface area contributed by atoms with Crippen LogP contribution in [0.2, 0.25) is 0 Å². The average molecular weight is 247 g/mol. The van der Waals surface area contributed by atoms with E-state index in [4.69, 9.17) is 5.11 Å². The van der Waals surface area contributed by atoms with Gasteiger partial charge < -0.3 is 10.4 Å². The largest absolute Gasteiger partial charge is 0.478 e. The molecule has 1 aromatic rings. The van der Waals surface area contributed by atoms with Gasteiger partial charge in [0.15, 0.2) is 0 Å². The predicted molar refractivity (Wildman–Crippen MR) is 71.4 cm³/mol. The molecule has 1 amide bonds. The molecular formula is C14H17NO3. The monoisotopic (exact) mass is 247 g/mol. The molecule has 0 fully saturated rings. The minimum atomic E-state index is -0.976. The molecule has 2 N–H and O–H groups in total. The van der Waals surface area contributed by atoms with Gasteiger partial charge in [-0.1, -0.05) is 19.9 Å². The van der Waals surface area contributed by atoms with Crippen LogP contribution in [-0.4, -0.2) is 17.0 Å². The van der Waals surface area contributed by atoms with E-state index in [1.807, 2.05) is 13.0 Å². The Labute approximate surface area is 106 Å². The van der Waals surface area contributed by atoms with Crippen LogP contribution in [0.25, 0.3) is 6.08 Å². The summed E-state index contributed by atoms with van der Waals surface area (Å²) < 4.78 is 0. The third-order valence-corrected chi connectivity index (χ3v) is 2.52. The van der Waals surface area contributed by atoms with E-state index in [0.717, 1.165) is 29.3 Å². The zero-order valence-electron chi connectivity index (χ0n) is 10.6. The number of amides is 1. The summed E-state index contributed by atoms with van der Waals surface area (Å²) in [6.45, 7) is 3.78. The SMILES string of the molecule is CCC(=O)Nc1ccc(/C=C/C(=O)O)cc1CC. The van der Waals surface area contributed by atoms with Crippen LogP contribution in [0.3, 0.4) is 0 Å². The van der Waals surface area contributed by atoms with Crippen molar-refractivity contribution in [3.63, 3.8) is 0 Å². The van der Waals surface area contributed by atoms with Gasteiger partial charge in [-0.15, -0.1) is 0 Å². The topological polar surface area (TPSA) is 66.4 Å². The summed E-state index contributed by atoms with van der Waals surface area (Å²) in [5, 5.41) is 11.4. The number of carboxylic acids is 1. The van der Waals surface area contributed by atoms with Crippen molar-refractivity contribution in [1.29, 1.82) is 0 Å². The van der Waals surface area contributed by atoms with Crippen LogP contribution in [0.5, 0.6) is 0 Å². The summed E-state index contributed by atoms with van der Waals surface area (Å²) in [5.74, 6) is -1.00. The summed E-state index contributed by atoms with van der Waals surface area (Å²) >= 11 is 0. The van der Waals surface area contributed by atoms with Crippen LogP contribution in [0.15, 0.2) is 24.3 Å². The van der Waals surface area contributed by atoms with E-state index in [0.29, 0.717) is 6.42 Å². The number of rotatable bonds is 5. The first-order valence-electron chi connectivity index (χ1n) is 5.90. The van der Waals surface area contributed by atoms with Crippen molar-refractivity contribution < 1.29 is 14.7 Å². The zero-order valence-corrected chi connectivity index (χ0v) is 10.6. The molecule has 4 nitrogen and oxygen atoms in total. The minimum Gasteiger partial charge on any atom is -0.478 e. The van der Waals surface area contributed by atoms with Crippen LogP contribution in [-0.2, 0) is 16.0 Å². The fourth-order valence-corrected chi connectivity index (χ4v) is 1.54. The molecule has 0 aliphatic rings. The lowest BCUT2D eigenvalue weighted by molar-refractivity contribution is -0.131. The summed E-state index contributed by atoms with van der Waals surface area (Å²) in [6, 6.07) is 5.46. The van der Waals surface area contributed by atoms with Crippen LogP contribution in [0.4, 0.5) is 5.69 Å². The van der Waals surface area contributed by atoms with Gasteiger partial charge in [0.05, 0.1) is 0 Å². The first-order chi connectivity index (χ1) is 8.56. The summed E-state index contributed by atoms with van der Waals surface area (Å²) in [7, 11) is 0. The summed E-state index contributed by atoms with van der Waals surface area (Å²) in [4.78, 5) is 21.8. The van der Waals surface area contributed by atoms with E-state index in [9.17, 15) is 9.59 Å². The van der Waals surface area contributed by atoms with Gasteiger partial charge in [0.25, 0.3) is 0 Å². The van der Waals surface area contributed by atoms with E-state index < -0.39 is 5.97 Å². The Kier molecular flexibility index (Phi) is 5.11. The fraction of sp³-hybridized carbons (Fsp3) is 0.286. The normalized spacial score (nSPS) is 10.6. The van der Waals surface area contributed by atoms with Gasteiger partial charge in [-0.3, -0.25) is 4.79 Å². The number of anilines is 1. The zero-order chi connectivity index (χ0) is 13.5. The number of carbonyl (C=O) groups excluding carboxylic acids is 1. The van der Waals surface area contributed by atoms with Crippen molar-refractivity contribution in [2.45, 2.75) is 26.7 Å². The Morgan fingerprint density at radius 1 is 1.33 bits per heavy atom. The van der Waals surface area contributed by atoms with Crippen molar-refractivity contribution in [3.8, 4) is 0 Å². The van der Waals surface area contributed by atoms with Gasteiger partial charge in [0, 0.05) is 18.2 Å².